The number of halogens is 1. The van der Waals surface area contributed by atoms with Crippen molar-refractivity contribution >= 4 is 21.4 Å². The average Bonchev–Trinajstić information content (AvgIpc) is 2.50. The van der Waals surface area contributed by atoms with Gasteiger partial charge in [-0.15, -0.1) is 0 Å². The fourth-order valence-corrected chi connectivity index (χ4v) is 3.68. The number of benzene rings is 2. The largest absolute Gasteiger partial charge is 0.224 e. The van der Waals surface area contributed by atoms with Crippen LogP contribution in [0.15, 0.2) is 58.5 Å². The highest BCUT2D eigenvalue weighted by molar-refractivity contribution is 7.91. The van der Waals surface area contributed by atoms with Crippen molar-refractivity contribution in [1.29, 1.82) is 5.53 Å². The van der Waals surface area contributed by atoms with E-state index in [2.05, 4.69) is 5.11 Å². The minimum absolute atomic E-state index is 0.135. The highest BCUT2D eigenvalue weighted by Crippen LogP contribution is 2.28. The molecule has 0 bridgehead atoms. The summed E-state index contributed by atoms with van der Waals surface area (Å²) in [5.74, 6) is 0.135. The average molecular weight is 337 g/mol. The lowest BCUT2D eigenvalue weighted by Crippen LogP contribution is -2.06. The molecule has 2 aromatic carbocycles. The van der Waals surface area contributed by atoms with Gasteiger partial charge in [0.15, 0.2) is 9.84 Å². The Bertz CT molecular complexity index is 741. The van der Waals surface area contributed by atoms with Crippen LogP contribution in [0.5, 0.6) is 0 Å². The second kappa shape index (κ2) is 7.03. The second-order valence-electron chi connectivity index (χ2n) is 4.97. The minimum Gasteiger partial charge on any atom is -0.224 e. The zero-order valence-corrected chi connectivity index (χ0v) is 13.7. The summed E-state index contributed by atoms with van der Waals surface area (Å²) in [5, 5.41) is 4.26. The van der Waals surface area contributed by atoms with Crippen molar-refractivity contribution in [2.45, 2.75) is 24.3 Å². The summed E-state index contributed by atoms with van der Waals surface area (Å²) in [5.41, 5.74) is 9.01. The van der Waals surface area contributed by atoms with E-state index in [-0.39, 0.29) is 5.75 Å². The maximum atomic E-state index is 12.0. The maximum absolute atomic E-state index is 12.0. The Morgan fingerprint density at radius 3 is 2.00 bits per heavy atom. The summed E-state index contributed by atoms with van der Waals surface area (Å²) in [6.45, 7) is 1.83. The fraction of sp³-hybridized carbons (Fsp3) is 0.250. The Balaban J connectivity index is 2.32. The molecule has 0 saturated carbocycles. The molecule has 0 fully saturated rings. The van der Waals surface area contributed by atoms with E-state index in [0.717, 1.165) is 11.1 Å². The number of hydrogen-bond donors (Lipinski definition) is 1. The van der Waals surface area contributed by atoms with Gasteiger partial charge in [-0.2, -0.15) is 5.11 Å². The van der Waals surface area contributed by atoms with Crippen molar-refractivity contribution in [3.05, 3.63) is 64.7 Å². The number of nitrogens with one attached hydrogen (secondary N) is 1. The smallest absolute Gasteiger partial charge is 0.178 e. The molecular formula is C16H17ClN2O2S. The van der Waals surface area contributed by atoms with Crippen molar-refractivity contribution in [3.8, 4) is 0 Å². The fourth-order valence-electron chi connectivity index (χ4n) is 2.23. The molecule has 1 atom stereocenters. The molecule has 4 nitrogen and oxygen atoms in total. The van der Waals surface area contributed by atoms with Crippen LogP contribution in [-0.4, -0.2) is 14.2 Å². The molecule has 6 heteroatoms. The van der Waals surface area contributed by atoms with Gasteiger partial charge in [-0.05, 0) is 41.8 Å². The van der Waals surface area contributed by atoms with Crippen molar-refractivity contribution in [1.82, 2.24) is 0 Å². The normalized spacial score (nSPS) is 12.8. The molecule has 0 amide bonds. The molecule has 0 radical (unpaired) electrons. The van der Waals surface area contributed by atoms with Gasteiger partial charge in [0.2, 0.25) is 0 Å². The van der Waals surface area contributed by atoms with E-state index in [9.17, 15) is 8.42 Å². The molecular weight excluding hydrogens is 320 g/mol. The highest BCUT2D eigenvalue weighted by atomic mass is 35.5. The summed E-state index contributed by atoms with van der Waals surface area (Å²) in [7, 11) is -3.22. The molecule has 0 aromatic heterocycles. The number of sulfone groups is 1. The van der Waals surface area contributed by atoms with E-state index < -0.39 is 15.9 Å². The summed E-state index contributed by atoms with van der Waals surface area (Å²) >= 11 is 5.86. The van der Waals surface area contributed by atoms with Crippen LogP contribution in [0, 0.1) is 5.53 Å². The van der Waals surface area contributed by atoms with Crippen LogP contribution < -0.4 is 0 Å². The third-order valence-corrected chi connectivity index (χ3v) is 5.53. The van der Waals surface area contributed by atoms with Gasteiger partial charge >= 0.3 is 0 Å². The first kappa shape index (κ1) is 16.6. The first-order chi connectivity index (χ1) is 10.5. The molecule has 1 N–H and O–H groups in total. The first-order valence-corrected chi connectivity index (χ1v) is 8.95. The van der Waals surface area contributed by atoms with Gasteiger partial charge in [0.25, 0.3) is 0 Å². The van der Waals surface area contributed by atoms with E-state index >= 15 is 0 Å². The SMILES string of the molecule is CCCS(=O)(=O)c1ccc(C(N=N)c2ccc(Cl)cc2)cc1. The van der Waals surface area contributed by atoms with Crippen molar-refractivity contribution in [3.63, 3.8) is 0 Å². The predicted octanol–water partition coefficient (Wildman–Crippen LogP) is 4.64. The highest BCUT2D eigenvalue weighted by Gasteiger charge is 2.16. The van der Waals surface area contributed by atoms with Crippen LogP contribution in [-0.2, 0) is 9.84 Å². The van der Waals surface area contributed by atoms with Crippen LogP contribution >= 0.6 is 11.6 Å². The van der Waals surface area contributed by atoms with E-state index in [0.29, 0.717) is 16.3 Å². The number of hydrogen-bond acceptors (Lipinski definition) is 4. The maximum Gasteiger partial charge on any atom is 0.178 e. The molecule has 2 aromatic rings. The molecule has 22 heavy (non-hydrogen) atoms. The number of rotatable bonds is 6. The van der Waals surface area contributed by atoms with Gasteiger partial charge in [0.05, 0.1) is 10.6 Å². The molecule has 1 unspecified atom stereocenters. The summed E-state index contributed by atoms with van der Waals surface area (Å²) < 4.78 is 24.0. The molecule has 0 aliphatic rings. The lowest BCUT2D eigenvalue weighted by atomic mass is 10.00. The van der Waals surface area contributed by atoms with Crippen LogP contribution in [0.3, 0.4) is 0 Å². The Morgan fingerprint density at radius 2 is 1.55 bits per heavy atom. The molecule has 0 aliphatic heterocycles. The molecule has 0 spiro atoms. The lowest BCUT2D eigenvalue weighted by Gasteiger charge is -2.12. The first-order valence-electron chi connectivity index (χ1n) is 6.92. The van der Waals surface area contributed by atoms with E-state index in [1.54, 1.807) is 36.4 Å². The standard InChI is InChI=1S/C16H17ClN2O2S/c1-2-11-22(20,21)15-9-5-13(6-10-15)16(19-18)12-3-7-14(17)8-4-12/h3-10,16,18H,2,11H2,1H3. The monoisotopic (exact) mass is 336 g/mol. The van der Waals surface area contributed by atoms with Gasteiger partial charge in [0.1, 0.15) is 6.04 Å². The molecule has 0 aliphatic carbocycles. The topological polar surface area (TPSA) is 70.3 Å². The molecule has 116 valence electrons. The van der Waals surface area contributed by atoms with Crippen molar-refractivity contribution in [2.24, 2.45) is 5.11 Å². The van der Waals surface area contributed by atoms with Crippen molar-refractivity contribution in [2.75, 3.05) is 5.75 Å². The van der Waals surface area contributed by atoms with Gasteiger partial charge in [-0.25, -0.2) is 13.9 Å². The van der Waals surface area contributed by atoms with Crippen LogP contribution in [0.25, 0.3) is 0 Å². The van der Waals surface area contributed by atoms with Gasteiger partial charge in [-0.3, -0.25) is 0 Å². The van der Waals surface area contributed by atoms with E-state index in [4.69, 9.17) is 17.1 Å². The molecule has 0 heterocycles. The third kappa shape index (κ3) is 3.72. The quantitative estimate of drug-likeness (QED) is 0.780. The van der Waals surface area contributed by atoms with Crippen LogP contribution in [0.1, 0.15) is 30.5 Å². The van der Waals surface area contributed by atoms with Crippen LogP contribution in [0.4, 0.5) is 0 Å². The predicted molar refractivity (Wildman–Crippen MR) is 87.2 cm³/mol. The number of nitrogens with zero attached hydrogens (tertiary/aromatic N) is 1. The zero-order valence-electron chi connectivity index (χ0n) is 12.2. The summed E-state index contributed by atoms with van der Waals surface area (Å²) in [6, 6.07) is 13.2. The van der Waals surface area contributed by atoms with E-state index in [1.807, 2.05) is 19.1 Å². The van der Waals surface area contributed by atoms with Crippen LogP contribution in [0.2, 0.25) is 5.02 Å². The second-order valence-corrected chi connectivity index (χ2v) is 7.52. The van der Waals surface area contributed by atoms with Gasteiger partial charge in [-0.1, -0.05) is 42.8 Å². The Morgan fingerprint density at radius 1 is 1.05 bits per heavy atom. The van der Waals surface area contributed by atoms with Gasteiger partial charge in [0, 0.05) is 5.02 Å². The third-order valence-electron chi connectivity index (χ3n) is 3.34. The van der Waals surface area contributed by atoms with Gasteiger partial charge < -0.3 is 0 Å². The van der Waals surface area contributed by atoms with E-state index in [1.165, 1.54) is 0 Å². The Labute approximate surface area is 135 Å². The van der Waals surface area contributed by atoms with Crippen molar-refractivity contribution < 1.29 is 8.42 Å². The zero-order chi connectivity index (χ0) is 16.2. The minimum atomic E-state index is -3.22. The lowest BCUT2D eigenvalue weighted by molar-refractivity contribution is 0.594. The molecule has 2 rings (SSSR count). The molecule has 0 saturated heterocycles. The Kier molecular flexibility index (Phi) is 5.32. The Hall–Kier alpha value is -1.72. The summed E-state index contributed by atoms with van der Waals surface area (Å²) in [6.07, 6.45) is 0.583. The summed E-state index contributed by atoms with van der Waals surface area (Å²) in [4.78, 5) is 0.304.